The van der Waals surface area contributed by atoms with Crippen molar-refractivity contribution in [3.05, 3.63) is 72.3 Å². The monoisotopic (exact) mass is 305 g/mol. The molecular formula is C18H15N3O2. The highest BCUT2D eigenvalue weighted by molar-refractivity contribution is 6.13. The fourth-order valence-corrected chi connectivity index (χ4v) is 2.44. The zero-order valence-corrected chi connectivity index (χ0v) is 12.2. The molecule has 4 N–H and O–H groups in total. The number of nitrogens with one attached hydrogen (secondary N) is 2. The van der Waals surface area contributed by atoms with Gasteiger partial charge in [-0.3, -0.25) is 4.79 Å². The number of anilines is 2. The maximum absolute atomic E-state index is 12.5. The summed E-state index contributed by atoms with van der Waals surface area (Å²) >= 11 is 0. The number of hydrogen-bond donors (Lipinski definition) is 3. The number of fused-ring (bicyclic) bond motifs is 1. The summed E-state index contributed by atoms with van der Waals surface area (Å²) in [6, 6.07) is 19.5. The highest BCUT2D eigenvalue weighted by Gasteiger charge is 2.10. The number of hydrogen-bond acceptors (Lipinski definition) is 2. The lowest BCUT2D eigenvalue weighted by molar-refractivity contribution is 0.102. The van der Waals surface area contributed by atoms with Crippen LogP contribution in [0.25, 0.3) is 10.8 Å². The van der Waals surface area contributed by atoms with Gasteiger partial charge in [-0.2, -0.15) is 0 Å². The molecular weight excluding hydrogens is 290 g/mol. The predicted molar refractivity (Wildman–Crippen MR) is 91.5 cm³/mol. The molecule has 0 aromatic heterocycles. The summed E-state index contributed by atoms with van der Waals surface area (Å²) in [5.41, 5.74) is 6.79. The van der Waals surface area contributed by atoms with Crippen molar-refractivity contribution in [2.45, 2.75) is 0 Å². The second-order valence-electron chi connectivity index (χ2n) is 5.05. The van der Waals surface area contributed by atoms with E-state index in [4.69, 9.17) is 5.73 Å². The molecule has 0 heterocycles. The van der Waals surface area contributed by atoms with Crippen LogP contribution in [0.15, 0.2) is 66.7 Å². The molecule has 3 aromatic carbocycles. The molecule has 3 rings (SSSR count). The summed E-state index contributed by atoms with van der Waals surface area (Å²) in [6.45, 7) is 0. The Morgan fingerprint density at radius 2 is 1.43 bits per heavy atom. The summed E-state index contributed by atoms with van der Waals surface area (Å²) in [5.74, 6) is -0.210. The Labute approximate surface area is 133 Å². The van der Waals surface area contributed by atoms with E-state index < -0.39 is 6.03 Å². The van der Waals surface area contributed by atoms with E-state index in [-0.39, 0.29) is 5.91 Å². The predicted octanol–water partition coefficient (Wildman–Crippen LogP) is 3.58. The minimum absolute atomic E-state index is 0.210. The second kappa shape index (κ2) is 6.19. The molecule has 0 radical (unpaired) electrons. The number of nitrogens with two attached hydrogens (primary N) is 1. The van der Waals surface area contributed by atoms with Crippen molar-refractivity contribution >= 4 is 34.1 Å². The fourth-order valence-electron chi connectivity index (χ4n) is 2.44. The first-order chi connectivity index (χ1) is 11.1. The first-order valence-electron chi connectivity index (χ1n) is 7.09. The Hall–Kier alpha value is -3.34. The average molecular weight is 305 g/mol. The Kier molecular flexibility index (Phi) is 3.93. The van der Waals surface area contributed by atoms with Crippen LogP contribution in [0.3, 0.4) is 0 Å². The molecule has 3 aromatic rings. The van der Waals surface area contributed by atoms with Gasteiger partial charge < -0.3 is 16.4 Å². The van der Waals surface area contributed by atoms with Crippen LogP contribution in [0.2, 0.25) is 0 Å². The Bertz CT molecular complexity index is 885. The van der Waals surface area contributed by atoms with Gasteiger partial charge in [0.25, 0.3) is 5.91 Å². The van der Waals surface area contributed by atoms with Crippen LogP contribution in [0.1, 0.15) is 10.4 Å². The van der Waals surface area contributed by atoms with Gasteiger partial charge in [0.05, 0.1) is 0 Å². The van der Waals surface area contributed by atoms with Crippen LogP contribution >= 0.6 is 0 Å². The maximum Gasteiger partial charge on any atom is 0.316 e. The van der Waals surface area contributed by atoms with Crippen molar-refractivity contribution in [1.29, 1.82) is 0 Å². The molecule has 0 spiro atoms. The van der Waals surface area contributed by atoms with Gasteiger partial charge in [-0.05, 0) is 35.0 Å². The van der Waals surface area contributed by atoms with Crippen LogP contribution in [0, 0.1) is 0 Å². The van der Waals surface area contributed by atoms with Crippen LogP contribution < -0.4 is 16.4 Å². The van der Waals surface area contributed by atoms with Crippen molar-refractivity contribution < 1.29 is 9.59 Å². The zero-order valence-electron chi connectivity index (χ0n) is 12.2. The lowest BCUT2D eigenvalue weighted by Crippen LogP contribution is -2.19. The van der Waals surface area contributed by atoms with Gasteiger partial charge in [0.15, 0.2) is 0 Å². The number of primary amides is 1. The normalized spacial score (nSPS) is 10.3. The Balaban J connectivity index is 1.88. The average Bonchev–Trinajstić information content (AvgIpc) is 2.54. The second-order valence-corrected chi connectivity index (χ2v) is 5.05. The van der Waals surface area contributed by atoms with Crippen molar-refractivity contribution in [2.24, 2.45) is 5.73 Å². The molecule has 0 fully saturated rings. The molecule has 0 atom stereocenters. The standard InChI is InChI=1S/C18H15N3O2/c19-18(23)21-14-8-4-7-13(11-14)20-17(22)16-10-3-6-12-5-1-2-9-15(12)16/h1-11H,(H,20,22)(H3,19,21,23). The first kappa shape index (κ1) is 14.6. The van der Waals surface area contributed by atoms with Gasteiger partial charge in [0.1, 0.15) is 0 Å². The van der Waals surface area contributed by atoms with Crippen molar-refractivity contribution in [2.75, 3.05) is 10.6 Å². The highest BCUT2D eigenvalue weighted by atomic mass is 16.2. The van der Waals surface area contributed by atoms with Gasteiger partial charge in [-0.25, -0.2) is 4.79 Å². The first-order valence-corrected chi connectivity index (χ1v) is 7.09. The number of benzene rings is 3. The highest BCUT2D eigenvalue weighted by Crippen LogP contribution is 2.21. The number of carbonyl (C=O) groups is 2. The van der Waals surface area contributed by atoms with Gasteiger partial charge in [-0.1, -0.05) is 42.5 Å². The number of rotatable bonds is 3. The van der Waals surface area contributed by atoms with E-state index >= 15 is 0 Å². The number of urea groups is 1. The Morgan fingerprint density at radius 3 is 2.22 bits per heavy atom. The van der Waals surface area contributed by atoms with Crippen LogP contribution in [-0.2, 0) is 0 Å². The minimum Gasteiger partial charge on any atom is -0.351 e. The number of carbonyl (C=O) groups excluding carboxylic acids is 2. The molecule has 5 heteroatoms. The number of amides is 3. The van der Waals surface area contributed by atoms with E-state index in [0.29, 0.717) is 16.9 Å². The molecule has 3 amide bonds. The summed E-state index contributed by atoms with van der Waals surface area (Å²) in [4.78, 5) is 23.4. The molecule has 0 aliphatic carbocycles. The summed E-state index contributed by atoms with van der Waals surface area (Å²) in [6.07, 6.45) is 0. The van der Waals surface area contributed by atoms with E-state index in [1.165, 1.54) is 0 Å². The smallest absolute Gasteiger partial charge is 0.316 e. The molecule has 0 bridgehead atoms. The summed E-state index contributed by atoms with van der Waals surface area (Å²) < 4.78 is 0. The molecule has 0 saturated heterocycles. The quantitative estimate of drug-likeness (QED) is 0.691. The van der Waals surface area contributed by atoms with Gasteiger partial charge in [-0.15, -0.1) is 0 Å². The molecule has 0 aliphatic heterocycles. The van der Waals surface area contributed by atoms with Crippen LogP contribution in [0.5, 0.6) is 0 Å². The van der Waals surface area contributed by atoms with E-state index in [1.807, 2.05) is 36.4 Å². The lowest BCUT2D eigenvalue weighted by atomic mass is 10.0. The topological polar surface area (TPSA) is 84.2 Å². The largest absolute Gasteiger partial charge is 0.351 e. The van der Waals surface area contributed by atoms with Crippen molar-refractivity contribution in [3.8, 4) is 0 Å². The van der Waals surface area contributed by atoms with E-state index in [0.717, 1.165) is 10.8 Å². The van der Waals surface area contributed by atoms with Crippen molar-refractivity contribution in [1.82, 2.24) is 0 Å². The van der Waals surface area contributed by atoms with Gasteiger partial charge in [0.2, 0.25) is 0 Å². The molecule has 0 aliphatic rings. The van der Waals surface area contributed by atoms with Crippen molar-refractivity contribution in [3.63, 3.8) is 0 Å². The zero-order chi connectivity index (χ0) is 16.2. The fraction of sp³-hybridized carbons (Fsp3) is 0. The molecule has 23 heavy (non-hydrogen) atoms. The minimum atomic E-state index is -0.650. The molecule has 5 nitrogen and oxygen atoms in total. The lowest BCUT2D eigenvalue weighted by Gasteiger charge is -2.09. The third-order valence-corrected chi connectivity index (χ3v) is 3.42. The van der Waals surface area contributed by atoms with E-state index in [1.54, 1.807) is 30.3 Å². The molecule has 0 unspecified atom stereocenters. The SMILES string of the molecule is NC(=O)Nc1cccc(NC(=O)c2cccc3ccccc23)c1. The molecule has 114 valence electrons. The Morgan fingerprint density at radius 1 is 0.783 bits per heavy atom. The van der Waals surface area contributed by atoms with Gasteiger partial charge >= 0.3 is 6.03 Å². The molecule has 0 saturated carbocycles. The maximum atomic E-state index is 12.5. The third-order valence-electron chi connectivity index (χ3n) is 3.42. The summed E-state index contributed by atoms with van der Waals surface area (Å²) in [5, 5.41) is 7.20. The van der Waals surface area contributed by atoms with Crippen LogP contribution in [-0.4, -0.2) is 11.9 Å². The van der Waals surface area contributed by atoms with Crippen LogP contribution in [0.4, 0.5) is 16.2 Å². The van der Waals surface area contributed by atoms with E-state index in [2.05, 4.69) is 10.6 Å². The van der Waals surface area contributed by atoms with E-state index in [9.17, 15) is 9.59 Å². The third kappa shape index (κ3) is 3.29. The van der Waals surface area contributed by atoms with Gasteiger partial charge in [0, 0.05) is 16.9 Å². The summed E-state index contributed by atoms with van der Waals surface area (Å²) in [7, 11) is 0.